The highest BCUT2D eigenvalue weighted by Crippen LogP contribution is 2.26. The summed E-state index contributed by atoms with van der Waals surface area (Å²) in [4.78, 5) is 21.3. The molecule has 0 aliphatic carbocycles. The van der Waals surface area contributed by atoms with Crippen LogP contribution in [0.25, 0.3) is 0 Å². The molecule has 0 radical (unpaired) electrons. The van der Waals surface area contributed by atoms with Crippen molar-refractivity contribution in [3.63, 3.8) is 0 Å². The molecule has 0 N–H and O–H groups in total. The summed E-state index contributed by atoms with van der Waals surface area (Å²) < 4.78 is 8.01. The Morgan fingerprint density at radius 1 is 1.03 bits per heavy atom. The van der Waals surface area contributed by atoms with Crippen LogP contribution >= 0.6 is 0 Å². The summed E-state index contributed by atoms with van der Waals surface area (Å²) in [6, 6.07) is 9.81. The average Bonchev–Trinajstić information content (AvgIpc) is 3.19. The minimum atomic E-state index is -0.447. The van der Waals surface area contributed by atoms with Gasteiger partial charge in [0.05, 0.1) is 23.7 Å². The van der Waals surface area contributed by atoms with E-state index < -0.39 is 5.60 Å². The molecule has 0 spiro atoms. The van der Waals surface area contributed by atoms with Crippen molar-refractivity contribution in [2.24, 2.45) is 5.41 Å². The summed E-state index contributed by atoms with van der Waals surface area (Å²) in [6.07, 6.45) is 6.60. The fourth-order valence-corrected chi connectivity index (χ4v) is 4.22. The first kappa shape index (κ1) is 25.8. The lowest BCUT2D eigenvalue weighted by Gasteiger charge is -2.36. The van der Waals surface area contributed by atoms with Crippen LogP contribution in [0, 0.1) is 16.7 Å². The SMILES string of the molecule is CC(C)(C)CCCC(C)(C)OC(=O)N1CCN(Cc2cncn2Cc2ccc(C#N)cc2)CC1. The van der Waals surface area contributed by atoms with Crippen molar-refractivity contribution in [2.45, 2.75) is 72.6 Å². The Morgan fingerprint density at radius 3 is 2.32 bits per heavy atom. The Labute approximate surface area is 204 Å². The fourth-order valence-electron chi connectivity index (χ4n) is 4.22. The quantitative estimate of drug-likeness (QED) is 0.545. The van der Waals surface area contributed by atoms with Crippen molar-refractivity contribution in [1.82, 2.24) is 19.4 Å². The van der Waals surface area contributed by atoms with E-state index in [1.807, 2.05) is 55.5 Å². The predicted molar refractivity (Wildman–Crippen MR) is 133 cm³/mol. The summed E-state index contributed by atoms with van der Waals surface area (Å²) in [7, 11) is 0. The molecule has 7 nitrogen and oxygen atoms in total. The zero-order chi connectivity index (χ0) is 24.8. The van der Waals surface area contributed by atoms with E-state index in [4.69, 9.17) is 10.00 Å². The van der Waals surface area contributed by atoms with Crippen molar-refractivity contribution in [3.8, 4) is 6.07 Å². The summed E-state index contributed by atoms with van der Waals surface area (Å²) in [5.41, 5.74) is 2.79. The zero-order valence-electron chi connectivity index (χ0n) is 21.4. The highest BCUT2D eigenvalue weighted by Gasteiger charge is 2.29. The Kier molecular flexibility index (Phi) is 8.37. The zero-order valence-corrected chi connectivity index (χ0v) is 21.4. The van der Waals surface area contributed by atoms with E-state index in [0.717, 1.165) is 56.7 Å². The normalized spacial score (nSPS) is 15.2. The molecule has 184 valence electrons. The minimum absolute atomic E-state index is 0.203. The second kappa shape index (κ2) is 11.1. The molecule has 1 fully saturated rings. The van der Waals surface area contributed by atoms with Crippen molar-refractivity contribution in [1.29, 1.82) is 5.26 Å². The van der Waals surface area contributed by atoms with Crippen molar-refractivity contribution < 1.29 is 9.53 Å². The first-order valence-electron chi connectivity index (χ1n) is 12.2. The maximum absolute atomic E-state index is 12.8. The maximum Gasteiger partial charge on any atom is 0.410 e. The van der Waals surface area contributed by atoms with E-state index in [9.17, 15) is 4.79 Å². The van der Waals surface area contributed by atoms with Gasteiger partial charge in [0.25, 0.3) is 0 Å². The van der Waals surface area contributed by atoms with Gasteiger partial charge in [-0.25, -0.2) is 9.78 Å². The number of piperazine rings is 1. The Bertz CT molecular complexity index is 974. The van der Waals surface area contributed by atoms with E-state index in [-0.39, 0.29) is 6.09 Å². The number of amides is 1. The minimum Gasteiger partial charge on any atom is -0.443 e. The van der Waals surface area contributed by atoms with Crippen LogP contribution < -0.4 is 0 Å². The van der Waals surface area contributed by atoms with Crippen LogP contribution in [0.15, 0.2) is 36.8 Å². The molecule has 0 atom stereocenters. The summed E-state index contributed by atoms with van der Waals surface area (Å²) in [6.45, 7) is 15.2. The van der Waals surface area contributed by atoms with Crippen LogP contribution in [0.2, 0.25) is 0 Å². The Hall–Kier alpha value is -2.85. The van der Waals surface area contributed by atoms with E-state index in [2.05, 4.69) is 41.3 Å². The Morgan fingerprint density at radius 2 is 1.71 bits per heavy atom. The molecule has 7 heteroatoms. The lowest BCUT2D eigenvalue weighted by atomic mass is 9.87. The topological polar surface area (TPSA) is 74.4 Å². The van der Waals surface area contributed by atoms with Crippen molar-refractivity contribution in [2.75, 3.05) is 26.2 Å². The number of aromatic nitrogens is 2. The average molecular weight is 466 g/mol. The van der Waals surface area contributed by atoms with Crippen LogP contribution in [0.1, 0.15) is 70.7 Å². The van der Waals surface area contributed by atoms with Crippen LogP contribution in [0.5, 0.6) is 0 Å². The third-order valence-electron chi connectivity index (χ3n) is 6.32. The number of nitriles is 1. The molecule has 1 aliphatic heterocycles. The van der Waals surface area contributed by atoms with E-state index in [1.165, 1.54) is 0 Å². The molecule has 0 unspecified atom stereocenters. The van der Waals surface area contributed by atoms with Gasteiger partial charge in [0, 0.05) is 45.5 Å². The second-order valence-electron chi connectivity index (χ2n) is 11.1. The van der Waals surface area contributed by atoms with Gasteiger partial charge < -0.3 is 14.2 Å². The van der Waals surface area contributed by atoms with Crippen molar-refractivity contribution >= 4 is 6.09 Å². The van der Waals surface area contributed by atoms with E-state index in [0.29, 0.717) is 24.1 Å². The number of ether oxygens (including phenoxy) is 1. The second-order valence-corrected chi connectivity index (χ2v) is 11.1. The number of carbonyl (C=O) groups excluding carboxylic acids is 1. The first-order chi connectivity index (χ1) is 16.0. The standard InChI is InChI=1S/C27H39N5O2/c1-26(2,3)11-6-12-27(4,5)34-25(33)31-15-13-30(14-16-31)20-24-18-29-21-32(24)19-23-9-7-22(17-28)8-10-23/h7-10,18,21H,6,11-16,19-20H2,1-5H3. The summed E-state index contributed by atoms with van der Waals surface area (Å²) in [5.74, 6) is 0. The number of hydrogen-bond acceptors (Lipinski definition) is 5. The van der Waals surface area contributed by atoms with Gasteiger partial charge in [0.15, 0.2) is 0 Å². The monoisotopic (exact) mass is 465 g/mol. The number of carbonyl (C=O) groups is 1. The molecule has 3 rings (SSSR count). The van der Waals surface area contributed by atoms with Gasteiger partial charge >= 0.3 is 6.09 Å². The predicted octanol–water partition coefficient (Wildman–Crippen LogP) is 5.05. The largest absolute Gasteiger partial charge is 0.443 e. The van der Waals surface area contributed by atoms with Gasteiger partial charge in [0.2, 0.25) is 0 Å². The first-order valence-corrected chi connectivity index (χ1v) is 12.2. The van der Waals surface area contributed by atoms with Gasteiger partial charge in [-0.05, 0) is 56.2 Å². The van der Waals surface area contributed by atoms with Crippen LogP contribution in [-0.2, 0) is 17.8 Å². The molecule has 0 saturated carbocycles. The molecule has 0 bridgehead atoms. The molecule has 1 saturated heterocycles. The molecule has 2 aromatic rings. The van der Waals surface area contributed by atoms with Gasteiger partial charge in [-0.15, -0.1) is 0 Å². The Balaban J connectivity index is 1.46. The number of rotatable bonds is 8. The van der Waals surface area contributed by atoms with Gasteiger partial charge in [-0.1, -0.05) is 32.9 Å². The van der Waals surface area contributed by atoms with Crippen LogP contribution in [-0.4, -0.2) is 57.2 Å². The van der Waals surface area contributed by atoms with E-state index >= 15 is 0 Å². The van der Waals surface area contributed by atoms with Crippen molar-refractivity contribution in [3.05, 3.63) is 53.6 Å². The third kappa shape index (κ3) is 7.88. The maximum atomic E-state index is 12.8. The molecule has 34 heavy (non-hydrogen) atoms. The molecule has 1 aromatic carbocycles. The number of nitrogens with zero attached hydrogens (tertiary/aromatic N) is 5. The third-order valence-corrected chi connectivity index (χ3v) is 6.32. The van der Waals surface area contributed by atoms with Crippen LogP contribution in [0.3, 0.4) is 0 Å². The van der Waals surface area contributed by atoms with Crippen LogP contribution in [0.4, 0.5) is 4.79 Å². The highest BCUT2D eigenvalue weighted by molar-refractivity contribution is 5.68. The molecular weight excluding hydrogens is 426 g/mol. The van der Waals surface area contributed by atoms with Gasteiger partial charge in [-0.3, -0.25) is 4.90 Å². The van der Waals surface area contributed by atoms with Gasteiger partial charge in [0.1, 0.15) is 5.60 Å². The molecule has 1 aromatic heterocycles. The lowest BCUT2D eigenvalue weighted by molar-refractivity contribution is -0.00268. The van der Waals surface area contributed by atoms with Gasteiger partial charge in [-0.2, -0.15) is 5.26 Å². The van der Waals surface area contributed by atoms with E-state index in [1.54, 1.807) is 0 Å². The summed E-state index contributed by atoms with van der Waals surface area (Å²) in [5, 5.41) is 8.98. The number of hydrogen-bond donors (Lipinski definition) is 0. The number of imidazole rings is 1. The smallest absolute Gasteiger partial charge is 0.410 e. The molecule has 1 amide bonds. The molecule has 2 heterocycles. The summed E-state index contributed by atoms with van der Waals surface area (Å²) >= 11 is 0. The lowest BCUT2D eigenvalue weighted by Crippen LogP contribution is -2.50. The number of benzene rings is 1. The molecular formula is C27H39N5O2. The molecule has 1 aliphatic rings. The highest BCUT2D eigenvalue weighted by atomic mass is 16.6. The fraction of sp³-hybridized carbons (Fsp3) is 0.593.